The molecule has 0 fully saturated rings. The Hall–Kier alpha value is -13.6. The smallest absolute Gasteiger partial charge is 0.303 e. The lowest BCUT2D eigenvalue weighted by Gasteiger charge is -2.28. The van der Waals surface area contributed by atoms with Crippen LogP contribution < -0.4 is 98.2 Å². The molecule has 1 aromatic heterocycles. The Morgan fingerprint density at radius 1 is 0.364 bits per heavy atom. The van der Waals surface area contributed by atoms with Crippen molar-refractivity contribution >= 4 is 129 Å². The van der Waals surface area contributed by atoms with Crippen LogP contribution in [0.3, 0.4) is 0 Å². The van der Waals surface area contributed by atoms with Crippen LogP contribution in [-0.4, -0.2) is 212 Å². The van der Waals surface area contributed by atoms with Crippen molar-refractivity contribution in [1.82, 2.24) is 68.8 Å². The Balaban J connectivity index is 1.78. The highest BCUT2D eigenvalue weighted by atomic mass is 16.4. The number of hydrogen-bond acceptors (Lipinski definition) is 20. The average Bonchev–Trinajstić information content (AvgIpc) is 1.62. The summed E-state index contributed by atoms with van der Waals surface area (Å²) >= 11 is 0. The number of carbonyl (C=O) groups is 19. The van der Waals surface area contributed by atoms with Crippen LogP contribution in [0.2, 0.25) is 0 Å². The maximum Gasteiger partial charge on any atom is 0.303 e. The SMILES string of the molecule is CC(=O)N[C@@H](CC(N)=O)C(=O)N[C@@H](CC(N)=O)C(=O)N[C@@H](CCCNC(=N)N)C(=O)N[C@@H](Cc1ccccc1)C(=O)N[C@@H](CCC(=O)O)C(=O)N[C@@H](Cc1c[nH]c2ccccc12)C(=O)N[C@@H](CCC(=O)O)C(=O)N[C@@H](Cc1ccccc1)C(=O)N[C@@H](CCC(=O)O)C(=O)N[C@@H](CC(N)=O)C(=O)N[C@@H](CC(N)=O)C(N)=O. The molecule has 42 nitrogen and oxygen atoms in total. The summed E-state index contributed by atoms with van der Waals surface area (Å²) in [6, 6.07) is 1.79. The number of nitrogens with one attached hydrogen (secondary N) is 14. The van der Waals surface area contributed by atoms with E-state index in [1.54, 1.807) is 48.5 Å². The predicted molar refractivity (Wildman–Crippen MR) is 383 cm³/mol. The number of carboxylic acids is 3. The van der Waals surface area contributed by atoms with Crippen LogP contribution >= 0.6 is 0 Å². The number of fused-ring (bicyclic) bond motifs is 1. The molecule has 0 spiro atoms. The number of aliphatic carboxylic acids is 3. The van der Waals surface area contributed by atoms with E-state index in [0.29, 0.717) is 27.6 Å². The van der Waals surface area contributed by atoms with Crippen LogP contribution in [0.4, 0.5) is 0 Å². The second kappa shape index (κ2) is 44.4. The van der Waals surface area contributed by atoms with E-state index in [0.717, 1.165) is 6.92 Å². The third-order valence-electron chi connectivity index (χ3n) is 16.3. The Bertz CT molecular complexity index is 4030. The first-order chi connectivity index (χ1) is 51.9. The summed E-state index contributed by atoms with van der Waals surface area (Å²) in [6.07, 6.45) is -8.56. The average molecular weight is 1540 g/mol. The monoisotopic (exact) mass is 1540 g/mol. The molecule has 110 heavy (non-hydrogen) atoms. The number of aromatic amines is 1. The third-order valence-corrected chi connectivity index (χ3v) is 16.3. The van der Waals surface area contributed by atoms with Gasteiger partial charge in [0.15, 0.2) is 5.96 Å². The zero-order valence-corrected chi connectivity index (χ0v) is 59.4. The van der Waals surface area contributed by atoms with Crippen molar-refractivity contribution in [2.45, 2.75) is 170 Å². The van der Waals surface area contributed by atoms with Gasteiger partial charge in [-0.2, -0.15) is 0 Å². The number of carbonyl (C=O) groups excluding carboxylic acids is 16. The van der Waals surface area contributed by atoms with E-state index in [2.05, 4.69) is 68.8 Å². The zero-order chi connectivity index (χ0) is 81.9. The normalized spacial score (nSPS) is 13.8. The van der Waals surface area contributed by atoms with Gasteiger partial charge < -0.3 is 119 Å². The number of para-hydroxylation sites is 1. The van der Waals surface area contributed by atoms with E-state index in [4.69, 9.17) is 39.8 Å². The van der Waals surface area contributed by atoms with E-state index in [1.165, 1.54) is 42.6 Å². The van der Waals surface area contributed by atoms with E-state index < -0.39 is 268 Å². The molecule has 42 heteroatoms. The number of nitrogens with two attached hydrogens (primary N) is 6. The second-order valence-corrected chi connectivity index (χ2v) is 25.2. The number of guanidine groups is 1. The number of carboxylic acid groups (broad SMARTS) is 3. The number of hydrogen-bond donors (Lipinski definition) is 23. The van der Waals surface area contributed by atoms with Crippen LogP contribution in [0.1, 0.15) is 101 Å². The summed E-state index contributed by atoms with van der Waals surface area (Å²) < 4.78 is 0. The van der Waals surface area contributed by atoms with Gasteiger partial charge in [0.2, 0.25) is 94.5 Å². The first-order valence-electron chi connectivity index (χ1n) is 34.0. The lowest BCUT2D eigenvalue weighted by molar-refractivity contribution is -0.139. The van der Waals surface area contributed by atoms with Crippen LogP contribution in [0.5, 0.6) is 0 Å². The molecule has 29 N–H and O–H groups in total. The first kappa shape index (κ1) is 88.8. The molecule has 0 aliphatic carbocycles. The lowest BCUT2D eigenvalue weighted by Crippen LogP contribution is -2.61. The van der Waals surface area contributed by atoms with E-state index in [-0.39, 0.29) is 19.4 Å². The third kappa shape index (κ3) is 32.0. The quantitative estimate of drug-likeness (QED) is 0.0111. The first-order valence-corrected chi connectivity index (χ1v) is 34.0. The summed E-state index contributed by atoms with van der Waals surface area (Å²) in [5.74, 6) is -24.0. The number of amides is 16. The summed E-state index contributed by atoms with van der Waals surface area (Å²) in [4.78, 5) is 255. The molecule has 594 valence electrons. The van der Waals surface area contributed by atoms with Crippen molar-refractivity contribution in [3.63, 3.8) is 0 Å². The molecule has 0 aliphatic rings. The minimum absolute atomic E-state index is 0.0628. The van der Waals surface area contributed by atoms with Crippen molar-refractivity contribution in [3.8, 4) is 0 Å². The molecular weight excluding hydrogens is 1450 g/mol. The summed E-state index contributed by atoms with van der Waals surface area (Å²) in [5.41, 5.74) is 33.5. The van der Waals surface area contributed by atoms with Gasteiger partial charge in [-0.05, 0) is 54.9 Å². The molecule has 0 bridgehead atoms. The second-order valence-electron chi connectivity index (χ2n) is 25.2. The molecule has 0 radical (unpaired) electrons. The van der Waals surface area contributed by atoms with Gasteiger partial charge in [-0.3, -0.25) is 96.5 Å². The fourth-order valence-corrected chi connectivity index (χ4v) is 10.9. The van der Waals surface area contributed by atoms with Gasteiger partial charge in [0, 0.05) is 69.1 Å². The highest BCUT2D eigenvalue weighted by Gasteiger charge is 2.38. The van der Waals surface area contributed by atoms with Crippen LogP contribution in [-0.2, 0) is 110 Å². The largest absolute Gasteiger partial charge is 0.481 e. The highest BCUT2D eigenvalue weighted by Crippen LogP contribution is 2.21. The Labute approximate surface area is 626 Å². The van der Waals surface area contributed by atoms with Crippen LogP contribution in [0.25, 0.3) is 10.9 Å². The number of aromatic nitrogens is 1. The number of H-pyrrole nitrogens is 1. The van der Waals surface area contributed by atoms with Crippen molar-refractivity contribution in [3.05, 3.63) is 108 Å². The topological polar surface area (TPSA) is 725 Å². The Morgan fingerprint density at radius 3 is 1.00 bits per heavy atom. The standard InChI is InChI=1S/C68H90N20O22/c1-33(89)78-47(29-51(70)91)65(108)88-48(30-52(71)92)66(109)79-39(17-10-24-76-68(74)75)58(101)84-44(25-34-11-4-2-5-12-34)62(105)80-41(19-22-55(96)97)60(103)86-46(27-36-32-77-38-16-9-8-15-37(36)38)64(107)82-40(18-21-54(94)95)59(102)85-45(26-35-13-6-3-7-14-35)63(106)81-42(20-23-56(98)99)61(104)87-49(31-53(72)93)67(110)83-43(57(73)100)28-50(69)90/h2-9,11-16,32,39-49,77H,10,17-31H2,1H3,(H2,69,90)(H2,70,91)(H2,71,92)(H2,72,93)(H2,73,100)(H,78,89)(H,79,109)(H,80,105)(H,81,106)(H,82,107)(H,83,110)(H,84,101)(H,85,102)(H,86,103)(H,87,104)(H,88,108)(H,94,95)(H,96,97)(H,98,99)(H4,74,75,76)/t39-,40-,41-,42-,43-,44-,45-,46-,47-,48-,49-/m0/s1. The van der Waals surface area contributed by atoms with Gasteiger partial charge >= 0.3 is 17.9 Å². The van der Waals surface area contributed by atoms with Gasteiger partial charge in [-0.15, -0.1) is 0 Å². The fraction of sp³-hybridized carbons (Fsp3) is 0.412. The zero-order valence-electron chi connectivity index (χ0n) is 59.4. The Morgan fingerprint density at radius 2 is 0.655 bits per heavy atom. The molecule has 0 saturated carbocycles. The van der Waals surface area contributed by atoms with Gasteiger partial charge in [0.05, 0.1) is 25.7 Å². The molecule has 0 aliphatic heterocycles. The molecule has 4 aromatic rings. The molecule has 1 heterocycles. The molecular formula is C68H90N20O22. The van der Waals surface area contributed by atoms with E-state index >= 15 is 4.79 Å². The summed E-state index contributed by atoms with van der Waals surface area (Å²) in [7, 11) is 0. The molecule has 16 amide bonds. The molecule has 0 unspecified atom stereocenters. The fourth-order valence-electron chi connectivity index (χ4n) is 10.9. The Kier molecular flexibility index (Phi) is 35.8. The van der Waals surface area contributed by atoms with Crippen molar-refractivity contribution < 1.29 is 106 Å². The molecule has 0 saturated heterocycles. The van der Waals surface area contributed by atoms with Crippen molar-refractivity contribution in [2.24, 2.45) is 34.4 Å². The lowest BCUT2D eigenvalue weighted by atomic mass is 10.0. The maximum absolute atomic E-state index is 15.1. The predicted octanol–water partition coefficient (Wildman–Crippen LogP) is -7.61. The van der Waals surface area contributed by atoms with Crippen LogP contribution in [0.15, 0.2) is 91.1 Å². The van der Waals surface area contributed by atoms with Gasteiger partial charge in [0.25, 0.3) is 0 Å². The van der Waals surface area contributed by atoms with Gasteiger partial charge in [0.1, 0.15) is 66.5 Å². The van der Waals surface area contributed by atoms with E-state index in [9.17, 15) is 102 Å². The maximum atomic E-state index is 15.1. The summed E-state index contributed by atoms with van der Waals surface area (Å²) in [5, 5.41) is 65.8. The van der Waals surface area contributed by atoms with Gasteiger partial charge in [-0.1, -0.05) is 78.9 Å². The number of rotatable bonds is 49. The van der Waals surface area contributed by atoms with Crippen molar-refractivity contribution in [1.29, 1.82) is 5.41 Å². The molecule has 11 atom stereocenters. The molecule has 4 rings (SSSR count). The molecule has 3 aromatic carbocycles. The minimum atomic E-state index is -1.97. The van der Waals surface area contributed by atoms with Crippen molar-refractivity contribution in [2.75, 3.05) is 6.54 Å². The number of primary amides is 5. The summed E-state index contributed by atoms with van der Waals surface area (Å²) in [6.45, 7) is 0.916. The van der Waals surface area contributed by atoms with E-state index in [1.807, 2.05) is 0 Å². The highest BCUT2D eigenvalue weighted by molar-refractivity contribution is 6.02. The van der Waals surface area contributed by atoms with Crippen LogP contribution in [0, 0.1) is 5.41 Å². The minimum Gasteiger partial charge on any atom is -0.481 e. The number of benzene rings is 3. The van der Waals surface area contributed by atoms with Gasteiger partial charge in [-0.25, -0.2) is 0 Å².